The van der Waals surface area contributed by atoms with Gasteiger partial charge in [0.2, 0.25) is 0 Å². The lowest BCUT2D eigenvalue weighted by molar-refractivity contribution is -0.243. The molecule has 2 heterocycles. The first kappa shape index (κ1) is 18.2. The molecule has 1 N–H and O–H groups in total. The summed E-state index contributed by atoms with van der Waals surface area (Å²) in [5.41, 5.74) is 1.02. The number of ether oxygens (including phenoxy) is 3. The van der Waals surface area contributed by atoms with Crippen LogP contribution in [0.25, 0.3) is 0 Å². The van der Waals surface area contributed by atoms with Gasteiger partial charge in [-0.05, 0) is 58.3 Å². The SMILES string of the molecule is COc1ccc2c3c1O[C@@H]1[C@@]4(OC)C=C[C@@]5(C[C@@H]4C(C)(C)O)[C@@H](C2)N(C)CC[C@]315. The smallest absolute Gasteiger partial charge is 0.166 e. The van der Waals surface area contributed by atoms with E-state index in [-0.39, 0.29) is 22.9 Å². The van der Waals surface area contributed by atoms with Crippen LogP contribution in [0.4, 0.5) is 0 Å². The van der Waals surface area contributed by atoms with Crippen molar-refractivity contribution in [1.29, 1.82) is 0 Å². The van der Waals surface area contributed by atoms with E-state index in [0.29, 0.717) is 6.04 Å². The van der Waals surface area contributed by atoms with Crippen molar-refractivity contribution in [3.63, 3.8) is 0 Å². The number of likely N-dealkylation sites (tertiary alicyclic amines) is 1. The van der Waals surface area contributed by atoms with Crippen LogP contribution in [0, 0.1) is 11.3 Å². The molecule has 6 atom stereocenters. The second-order valence-corrected chi connectivity index (χ2v) is 10.4. The summed E-state index contributed by atoms with van der Waals surface area (Å²) < 4.78 is 18.9. The van der Waals surface area contributed by atoms with E-state index in [1.165, 1.54) is 11.1 Å². The van der Waals surface area contributed by atoms with E-state index in [4.69, 9.17) is 14.2 Å². The van der Waals surface area contributed by atoms with Crippen LogP contribution in [0.3, 0.4) is 0 Å². The average Bonchev–Trinajstić information content (AvgIpc) is 3.06. The molecular formula is C24H31NO4. The van der Waals surface area contributed by atoms with Crippen molar-refractivity contribution in [1.82, 2.24) is 4.90 Å². The number of aliphatic hydroxyl groups is 1. The molecule has 5 heteroatoms. The molecule has 2 fully saturated rings. The molecule has 1 aromatic rings. The van der Waals surface area contributed by atoms with Crippen LogP contribution in [0.2, 0.25) is 0 Å². The Morgan fingerprint density at radius 1 is 1.24 bits per heavy atom. The Morgan fingerprint density at radius 3 is 2.72 bits per heavy atom. The van der Waals surface area contributed by atoms with Crippen LogP contribution in [0.15, 0.2) is 24.3 Å². The highest BCUT2D eigenvalue weighted by molar-refractivity contribution is 5.65. The molecule has 7 rings (SSSR count). The number of hydrogen-bond donors (Lipinski definition) is 1. The Hall–Kier alpha value is -1.56. The summed E-state index contributed by atoms with van der Waals surface area (Å²) in [4.78, 5) is 2.53. The van der Waals surface area contributed by atoms with Gasteiger partial charge in [0, 0.05) is 30.0 Å². The molecule has 0 amide bonds. The van der Waals surface area contributed by atoms with Gasteiger partial charge >= 0.3 is 0 Å². The third-order valence-electron chi connectivity index (χ3n) is 9.13. The predicted octanol–water partition coefficient (Wildman–Crippen LogP) is 2.69. The van der Waals surface area contributed by atoms with Gasteiger partial charge < -0.3 is 24.2 Å². The molecule has 0 unspecified atom stereocenters. The van der Waals surface area contributed by atoms with Crippen LogP contribution >= 0.6 is 0 Å². The van der Waals surface area contributed by atoms with Crippen molar-refractivity contribution < 1.29 is 19.3 Å². The van der Waals surface area contributed by atoms with Gasteiger partial charge in [0.25, 0.3) is 0 Å². The van der Waals surface area contributed by atoms with Crippen LogP contribution in [-0.4, -0.2) is 61.2 Å². The lowest BCUT2D eigenvalue weighted by atomic mass is 9.36. The number of nitrogens with zero attached hydrogens (tertiary/aromatic N) is 1. The van der Waals surface area contributed by atoms with E-state index in [1.54, 1.807) is 14.2 Å². The van der Waals surface area contributed by atoms with Gasteiger partial charge in [0.15, 0.2) is 11.5 Å². The summed E-state index contributed by atoms with van der Waals surface area (Å²) in [5.74, 6) is 1.67. The van der Waals surface area contributed by atoms with Crippen LogP contribution in [0.1, 0.15) is 37.8 Å². The quantitative estimate of drug-likeness (QED) is 0.795. The minimum Gasteiger partial charge on any atom is -0.493 e. The molecular weight excluding hydrogens is 366 g/mol. The van der Waals surface area contributed by atoms with Gasteiger partial charge in [0.1, 0.15) is 11.7 Å². The highest BCUT2D eigenvalue weighted by Gasteiger charge is 2.80. The van der Waals surface area contributed by atoms with Gasteiger partial charge in [-0.1, -0.05) is 18.2 Å². The number of piperidine rings is 1. The molecule has 6 aliphatic rings. The minimum atomic E-state index is -0.870. The van der Waals surface area contributed by atoms with E-state index >= 15 is 0 Å². The molecule has 0 radical (unpaired) electrons. The molecule has 156 valence electrons. The number of rotatable bonds is 3. The van der Waals surface area contributed by atoms with E-state index in [0.717, 1.165) is 37.3 Å². The zero-order chi connectivity index (χ0) is 20.4. The summed E-state index contributed by atoms with van der Waals surface area (Å²) in [6.07, 6.45) is 7.46. The van der Waals surface area contributed by atoms with Crippen molar-refractivity contribution in [3.05, 3.63) is 35.4 Å². The highest BCUT2D eigenvalue weighted by Crippen LogP contribution is 2.75. The van der Waals surface area contributed by atoms with Gasteiger partial charge in [-0.25, -0.2) is 0 Å². The second-order valence-electron chi connectivity index (χ2n) is 10.4. The maximum absolute atomic E-state index is 11.2. The molecule has 5 nitrogen and oxygen atoms in total. The molecule has 2 spiro atoms. The van der Waals surface area contributed by atoms with Gasteiger partial charge in [-0.15, -0.1) is 0 Å². The van der Waals surface area contributed by atoms with Crippen molar-refractivity contribution >= 4 is 0 Å². The summed E-state index contributed by atoms with van der Waals surface area (Å²) in [6, 6.07) is 4.69. The predicted molar refractivity (Wildman–Crippen MR) is 110 cm³/mol. The monoisotopic (exact) mass is 397 g/mol. The molecule has 0 aromatic heterocycles. The van der Waals surface area contributed by atoms with Gasteiger partial charge in [-0.3, -0.25) is 0 Å². The van der Waals surface area contributed by atoms with E-state index < -0.39 is 11.2 Å². The first-order chi connectivity index (χ1) is 13.7. The topological polar surface area (TPSA) is 51.2 Å². The van der Waals surface area contributed by atoms with Crippen molar-refractivity contribution in [2.45, 2.75) is 61.9 Å². The molecule has 1 aromatic carbocycles. The number of benzene rings is 1. The number of fused-ring (bicyclic) bond motifs is 1. The summed E-state index contributed by atoms with van der Waals surface area (Å²) in [7, 11) is 5.75. The highest BCUT2D eigenvalue weighted by atomic mass is 16.6. The molecule has 4 bridgehead atoms. The summed E-state index contributed by atoms with van der Waals surface area (Å²) >= 11 is 0. The third-order valence-corrected chi connectivity index (χ3v) is 9.13. The Kier molecular flexibility index (Phi) is 3.26. The Morgan fingerprint density at radius 2 is 2.03 bits per heavy atom. The van der Waals surface area contributed by atoms with Crippen molar-refractivity contribution in [2.75, 3.05) is 27.8 Å². The van der Waals surface area contributed by atoms with E-state index in [1.807, 2.05) is 13.8 Å². The fourth-order valence-electron chi connectivity index (χ4n) is 8.01. The first-order valence-electron chi connectivity index (χ1n) is 10.8. The third kappa shape index (κ3) is 1.73. The number of hydrogen-bond acceptors (Lipinski definition) is 5. The summed E-state index contributed by atoms with van der Waals surface area (Å²) in [6.45, 7) is 4.89. The lowest BCUT2D eigenvalue weighted by Crippen LogP contribution is -2.80. The van der Waals surface area contributed by atoms with Crippen LogP contribution in [-0.2, 0) is 16.6 Å². The van der Waals surface area contributed by atoms with Crippen LogP contribution < -0.4 is 9.47 Å². The Bertz CT molecular complexity index is 936. The van der Waals surface area contributed by atoms with E-state index in [9.17, 15) is 5.11 Å². The minimum absolute atomic E-state index is 0.0426. The van der Waals surface area contributed by atoms with Crippen LogP contribution in [0.5, 0.6) is 11.5 Å². The standard InChI is InChI=1S/C24H31NO4/c1-21(2,26)16-13-22-8-9-24(16,28-5)20-23(22)10-11-25(3)17(22)12-14-6-7-15(27-4)19(29-20)18(14)23/h6-9,16-17,20,26H,10-13H2,1-5H3/t16-,17-,20+,22-,23+,24-/m1/s1. The fourth-order valence-corrected chi connectivity index (χ4v) is 8.01. The fraction of sp³-hybridized carbons (Fsp3) is 0.667. The van der Waals surface area contributed by atoms with Crippen molar-refractivity contribution in [2.24, 2.45) is 11.3 Å². The number of likely N-dealkylation sites (N-methyl/N-ethyl adjacent to an activating group) is 1. The maximum Gasteiger partial charge on any atom is 0.166 e. The summed E-state index contributed by atoms with van der Waals surface area (Å²) in [5, 5.41) is 11.2. The zero-order valence-corrected chi connectivity index (χ0v) is 18.0. The molecule has 1 saturated carbocycles. The lowest BCUT2D eigenvalue weighted by Gasteiger charge is -2.72. The molecule has 1 saturated heterocycles. The van der Waals surface area contributed by atoms with E-state index in [2.05, 4.69) is 36.2 Å². The molecule has 29 heavy (non-hydrogen) atoms. The second kappa shape index (κ2) is 5.19. The van der Waals surface area contributed by atoms with Crippen molar-refractivity contribution in [3.8, 4) is 11.5 Å². The first-order valence-corrected chi connectivity index (χ1v) is 10.8. The van der Waals surface area contributed by atoms with Gasteiger partial charge in [-0.2, -0.15) is 0 Å². The largest absolute Gasteiger partial charge is 0.493 e. The average molecular weight is 398 g/mol. The Labute approximate surface area is 172 Å². The normalized spacial score (nSPS) is 43.9. The zero-order valence-electron chi connectivity index (χ0n) is 18.0. The molecule has 4 aliphatic carbocycles. The molecule has 2 aliphatic heterocycles. The Balaban J connectivity index is 1.71. The maximum atomic E-state index is 11.2. The van der Waals surface area contributed by atoms with Gasteiger partial charge in [0.05, 0.1) is 18.1 Å². The number of methoxy groups -OCH3 is 2.